The van der Waals surface area contributed by atoms with Crippen molar-refractivity contribution in [2.75, 3.05) is 12.3 Å². The highest BCUT2D eigenvalue weighted by Gasteiger charge is 2.27. The normalized spacial score (nSPS) is 16.1. The Morgan fingerprint density at radius 1 is 1.53 bits per heavy atom. The number of fused-ring (bicyclic) bond motifs is 1. The Balaban J connectivity index is 2.24. The van der Waals surface area contributed by atoms with E-state index in [1.807, 2.05) is 6.92 Å². The number of carbonyl (C=O) groups excluding carboxylic acids is 1. The maximum atomic E-state index is 12.0. The van der Waals surface area contributed by atoms with Crippen LogP contribution in [-0.4, -0.2) is 40.9 Å². The second-order valence-corrected chi connectivity index (χ2v) is 6.52. The molecule has 0 spiro atoms. The predicted molar refractivity (Wildman–Crippen MR) is 68.7 cm³/mol. The third-order valence-corrected chi connectivity index (χ3v) is 5.00. The van der Waals surface area contributed by atoms with Crippen molar-refractivity contribution in [3.05, 3.63) is 23.3 Å². The molecular formula is C11H16N4O3S. The second kappa shape index (κ2) is 5.22. The number of amides is 1. The predicted octanol–water partition coefficient (Wildman–Crippen LogP) is -0.327. The molecule has 0 bridgehead atoms. The summed E-state index contributed by atoms with van der Waals surface area (Å²) in [4.78, 5) is 18.9. The summed E-state index contributed by atoms with van der Waals surface area (Å²) in [6.45, 7) is 2.47. The molecule has 0 atom stereocenters. The zero-order valence-corrected chi connectivity index (χ0v) is 11.5. The van der Waals surface area contributed by atoms with E-state index >= 15 is 0 Å². The van der Waals surface area contributed by atoms with E-state index in [2.05, 4.69) is 9.97 Å². The Hall–Kier alpha value is -1.54. The van der Waals surface area contributed by atoms with E-state index in [0.29, 0.717) is 25.1 Å². The number of aromatic nitrogens is 2. The molecule has 2 heterocycles. The molecule has 0 fully saturated rings. The van der Waals surface area contributed by atoms with Crippen LogP contribution in [0.4, 0.5) is 0 Å². The summed E-state index contributed by atoms with van der Waals surface area (Å²) in [7, 11) is -3.22. The van der Waals surface area contributed by atoms with Gasteiger partial charge >= 0.3 is 0 Å². The Labute approximate surface area is 111 Å². The van der Waals surface area contributed by atoms with Crippen molar-refractivity contribution >= 4 is 15.9 Å². The van der Waals surface area contributed by atoms with Gasteiger partial charge in [0, 0.05) is 31.3 Å². The number of hydrogen-bond donors (Lipinski definition) is 1. The van der Waals surface area contributed by atoms with Crippen molar-refractivity contribution in [3.8, 4) is 0 Å². The highest BCUT2D eigenvalue weighted by Crippen LogP contribution is 2.19. The lowest BCUT2D eigenvalue weighted by Crippen LogP contribution is -2.38. The van der Waals surface area contributed by atoms with E-state index < -0.39 is 15.9 Å². The lowest BCUT2D eigenvalue weighted by Gasteiger charge is -2.27. The Morgan fingerprint density at radius 2 is 2.26 bits per heavy atom. The van der Waals surface area contributed by atoms with Crippen LogP contribution < -0.4 is 5.73 Å². The smallest absolute Gasteiger partial charge is 0.286 e. The summed E-state index contributed by atoms with van der Waals surface area (Å²) in [6.07, 6.45) is 2.54. The van der Waals surface area contributed by atoms with Crippen molar-refractivity contribution in [1.29, 1.82) is 0 Å². The second-order valence-electron chi connectivity index (χ2n) is 4.43. The maximum absolute atomic E-state index is 12.0. The SMILES string of the molecule is CCCS(=O)(=O)N1CCc2nc(C(N)=O)ncc2C1. The van der Waals surface area contributed by atoms with E-state index in [1.165, 1.54) is 10.5 Å². The summed E-state index contributed by atoms with van der Waals surface area (Å²) < 4.78 is 25.4. The molecule has 7 nitrogen and oxygen atoms in total. The number of hydrogen-bond acceptors (Lipinski definition) is 5. The minimum atomic E-state index is -3.22. The molecule has 1 aromatic heterocycles. The van der Waals surface area contributed by atoms with Gasteiger partial charge in [0.25, 0.3) is 5.91 Å². The van der Waals surface area contributed by atoms with Gasteiger partial charge < -0.3 is 5.73 Å². The zero-order chi connectivity index (χ0) is 14.0. The number of nitrogens with zero attached hydrogens (tertiary/aromatic N) is 3. The number of carbonyl (C=O) groups is 1. The fraction of sp³-hybridized carbons (Fsp3) is 0.545. The molecule has 0 aromatic carbocycles. The van der Waals surface area contributed by atoms with Crippen LogP contribution in [0.15, 0.2) is 6.20 Å². The summed E-state index contributed by atoms with van der Waals surface area (Å²) >= 11 is 0. The van der Waals surface area contributed by atoms with Crippen LogP contribution in [0.3, 0.4) is 0 Å². The maximum Gasteiger partial charge on any atom is 0.286 e. The fourth-order valence-electron chi connectivity index (χ4n) is 2.03. The van der Waals surface area contributed by atoms with E-state index in [1.54, 1.807) is 0 Å². The first kappa shape index (κ1) is 13.9. The van der Waals surface area contributed by atoms with E-state index in [4.69, 9.17) is 5.73 Å². The van der Waals surface area contributed by atoms with Gasteiger partial charge in [-0.3, -0.25) is 4.79 Å². The first-order valence-corrected chi connectivity index (χ1v) is 7.67. The molecule has 19 heavy (non-hydrogen) atoms. The topological polar surface area (TPSA) is 106 Å². The van der Waals surface area contributed by atoms with Gasteiger partial charge in [0.2, 0.25) is 15.8 Å². The van der Waals surface area contributed by atoms with Gasteiger partial charge in [-0.25, -0.2) is 18.4 Å². The van der Waals surface area contributed by atoms with Crippen molar-refractivity contribution in [3.63, 3.8) is 0 Å². The number of nitrogens with two attached hydrogens (primary N) is 1. The average molecular weight is 284 g/mol. The lowest BCUT2D eigenvalue weighted by atomic mass is 10.1. The molecule has 0 saturated heterocycles. The Bertz CT molecular complexity index is 600. The molecule has 1 aromatic rings. The van der Waals surface area contributed by atoms with Crippen LogP contribution in [0, 0.1) is 0 Å². The molecule has 1 amide bonds. The average Bonchev–Trinajstić information content (AvgIpc) is 2.37. The summed E-state index contributed by atoms with van der Waals surface area (Å²) in [5, 5.41) is 0. The van der Waals surface area contributed by atoms with Crippen LogP contribution in [0.2, 0.25) is 0 Å². The van der Waals surface area contributed by atoms with Gasteiger partial charge in [-0.05, 0) is 6.42 Å². The van der Waals surface area contributed by atoms with Gasteiger partial charge in [-0.15, -0.1) is 0 Å². The van der Waals surface area contributed by atoms with Crippen molar-refractivity contribution in [2.45, 2.75) is 26.3 Å². The molecule has 2 rings (SSSR count). The molecule has 0 unspecified atom stereocenters. The molecule has 8 heteroatoms. The Kier molecular flexibility index (Phi) is 3.81. The summed E-state index contributed by atoms with van der Waals surface area (Å²) in [5.74, 6) is -0.560. The first-order valence-electron chi connectivity index (χ1n) is 6.06. The summed E-state index contributed by atoms with van der Waals surface area (Å²) in [6, 6.07) is 0. The minimum absolute atomic E-state index is 0.0244. The van der Waals surface area contributed by atoms with E-state index in [-0.39, 0.29) is 18.1 Å². The van der Waals surface area contributed by atoms with Gasteiger partial charge in [-0.2, -0.15) is 4.31 Å². The third-order valence-electron chi connectivity index (χ3n) is 2.97. The number of sulfonamides is 1. The molecule has 1 aliphatic rings. The standard InChI is InChI=1S/C11H16N4O3S/c1-2-5-19(17,18)15-4-3-9-8(7-15)6-13-11(14-9)10(12)16/h6H,2-5,7H2,1H3,(H2,12,16). The zero-order valence-electron chi connectivity index (χ0n) is 10.7. The first-order chi connectivity index (χ1) is 8.94. The molecule has 104 valence electrons. The number of rotatable bonds is 4. The van der Waals surface area contributed by atoms with E-state index in [0.717, 1.165) is 5.56 Å². The van der Waals surface area contributed by atoms with Crippen molar-refractivity contribution in [2.24, 2.45) is 5.73 Å². The van der Waals surface area contributed by atoms with Crippen molar-refractivity contribution in [1.82, 2.24) is 14.3 Å². The van der Waals surface area contributed by atoms with Crippen LogP contribution in [0.25, 0.3) is 0 Å². The molecule has 1 aliphatic heterocycles. The lowest BCUT2D eigenvalue weighted by molar-refractivity contribution is 0.0989. The van der Waals surface area contributed by atoms with Crippen LogP contribution in [-0.2, 0) is 23.0 Å². The summed E-state index contributed by atoms with van der Waals surface area (Å²) in [5.41, 5.74) is 6.55. The highest BCUT2D eigenvalue weighted by atomic mass is 32.2. The molecule has 0 radical (unpaired) electrons. The minimum Gasteiger partial charge on any atom is -0.363 e. The monoisotopic (exact) mass is 284 g/mol. The van der Waals surface area contributed by atoms with E-state index in [9.17, 15) is 13.2 Å². The fourth-order valence-corrected chi connectivity index (χ4v) is 3.51. The van der Waals surface area contributed by atoms with Gasteiger partial charge in [0.15, 0.2) is 0 Å². The van der Waals surface area contributed by atoms with Crippen LogP contribution in [0.1, 0.15) is 35.2 Å². The van der Waals surface area contributed by atoms with Crippen molar-refractivity contribution < 1.29 is 13.2 Å². The molecule has 2 N–H and O–H groups in total. The molecule has 0 aliphatic carbocycles. The number of primary amides is 1. The molecular weight excluding hydrogens is 268 g/mol. The van der Waals surface area contributed by atoms with Gasteiger partial charge in [-0.1, -0.05) is 6.92 Å². The van der Waals surface area contributed by atoms with Crippen LogP contribution >= 0.6 is 0 Å². The quantitative estimate of drug-likeness (QED) is 0.815. The van der Waals surface area contributed by atoms with Gasteiger partial charge in [0.05, 0.1) is 11.4 Å². The Morgan fingerprint density at radius 3 is 2.89 bits per heavy atom. The largest absolute Gasteiger partial charge is 0.363 e. The van der Waals surface area contributed by atoms with Gasteiger partial charge in [0.1, 0.15) is 0 Å². The third kappa shape index (κ3) is 2.90. The molecule has 0 saturated carbocycles. The highest BCUT2D eigenvalue weighted by molar-refractivity contribution is 7.89. The van der Waals surface area contributed by atoms with Crippen LogP contribution in [0.5, 0.6) is 0 Å².